The average Bonchev–Trinajstić information content (AvgIpc) is 3.48. The van der Waals surface area contributed by atoms with Crippen molar-refractivity contribution in [2.45, 2.75) is 50.2 Å². The smallest absolute Gasteiger partial charge is 0.315 e. The molecular formula is C26H30N2O2S. The van der Waals surface area contributed by atoms with Gasteiger partial charge in [-0.1, -0.05) is 73.5 Å². The van der Waals surface area contributed by atoms with Gasteiger partial charge in [-0.3, -0.25) is 0 Å². The van der Waals surface area contributed by atoms with Gasteiger partial charge >= 0.3 is 6.03 Å². The fourth-order valence-corrected chi connectivity index (χ4v) is 5.70. The molecule has 4 rings (SSSR count). The third-order valence-corrected chi connectivity index (χ3v) is 7.75. The summed E-state index contributed by atoms with van der Waals surface area (Å²) in [6.45, 7) is 2.41. The zero-order valence-electron chi connectivity index (χ0n) is 17.9. The van der Waals surface area contributed by atoms with Crippen LogP contribution < -0.4 is 10.6 Å². The summed E-state index contributed by atoms with van der Waals surface area (Å²) in [7, 11) is 0. The minimum absolute atomic E-state index is 0.0376. The van der Waals surface area contributed by atoms with Crippen LogP contribution in [0.5, 0.6) is 0 Å². The number of hydrogen-bond acceptors (Lipinski definition) is 3. The molecule has 5 heteroatoms. The van der Waals surface area contributed by atoms with E-state index in [4.69, 9.17) is 0 Å². The van der Waals surface area contributed by atoms with E-state index >= 15 is 0 Å². The van der Waals surface area contributed by atoms with Gasteiger partial charge in [-0.25, -0.2) is 4.79 Å². The van der Waals surface area contributed by atoms with Gasteiger partial charge < -0.3 is 15.7 Å². The van der Waals surface area contributed by atoms with Crippen molar-refractivity contribution >= 4 is 17.4 Å². The highest BCUT2D eigenvalue weighted by atomic mass is 32.1. The third kappa shape index (κ3) is 5.00. The van der Waals surface area contributed by atoms with Gasteiger partial charge in [-0.05, 0) is 43.0 Å². The second-order valence-corrected chi connectivity index (χ2v) is 9.56. The average molecular weight is 435 g/mol. The summed E-state index contributed by atoms with van der Waals surface area (Å²) in [5.74, 6) is 0. The second kappa shape index (κ2) is 9.67. The van der Waals surface area contributed by atoms with Crippen LogP contribution in [0.1, 0.15) is 65.6 Å². The summed E-state index contributed by atoms with van der Waals surface area (Å²) in [5, 5.41) is 16.3. The van der Waals surface area contributed by atoms with Gasteiger partial charge in [0.1, 0.15) is 0 Å². The number of thiophene rings is 1. The standard InChI is InChI=1S/C26H30N2O2S/c1-19(29)22-14-15-23(31-22)26(16-8-9-17-26)18-27-25(30)28-24(20-10-4-2-5-11-20)21-12-6-3-7-13-21/h2-7,10-15,19,24,29H,8-9,16-18H2,1H3,(H2,27,28,30). The van der Waals surface area contributed by atoms with Gasteiger partial charge in [0.05, 0.1) is 12.1 Å². The lowest BCUT2D eigenvalue weighted by molar-refractivity contribution is 0.203. The van der Waals surface area contributed by atoms with Crippen molar-refractivity contribution in [3.05, 3.63) is 93.7 Å². The number of urea groups is 1. The lowest BCUT2D eigenvalue weighted by atomic mass is 9.84. The van der Waals surface area contributed by atoms with Gasteiger partial charge in [-0.15, -0.1) is 11.3 Å². The second-order valence-electron chi connectivity index (χ2n) is 8.45. The van der Waals surface area contributed by atoms with Crippen LogP contribution in [0, 0.1) is 0 Å². The molecule has 3 N–H and O–H groups in total. The molecule has 0 radical (unpaired) electrons. The Morgan fingerprint density at radius 1 is 0.968 bits per heavy atom. The fraction of sp³-hybridized carbons (Fsp3) is 0.346. The molecular weight excluding hydrogens is 404 g/mol. The Kier molecular flexibility index (Phi) is 6.73. The normalized spacial score (nSPS) is 16.2. The molecule has 1 aromatic heterocycles. The molecule has 2 amide bonds. The molecule has 1 saturated carbocycles. The zero-order valence-corrected chi connectivity index (χ0v) is 18.7. The molecule has 1 heterocycles. The van der Waals surface area contributed by atoms with Crippen LogP contribution >= 0.6 is 11.3 Å². The van der Waals surface area contributed by atoms with E-state index in [-0.39, 0.29) is 17.5 Å². The molecule has 162 valence electrons. The molecule has 1 aliphatic rings. The Balaban J connectivity index is 1.48. The van der Waals surface area contributed by atoms with Gasteiger partial charge in [0, 0.05) is 21.7 Å². The van der Waals surface area contributed by atoms with E-state index in [1.807, 2.05) is 66.7 Å². The number of benzene rings is 2. The highest BCUT2D eigenvalue weighted by molar-refractivity contribution is 7.12. The van der Waals surface area contributed by atoms with Crippen molar-refractivity contribution in [2.24, 2.45) is 0 Å². The number of carbonyl (C=O) groups excluding carboxylic acids is 1. The SMILES string of the molecule is CC(O)c1ccc(C2(CNC(=O)NC(c3ccccc3)c3ccccc3)CCCC2)s1. The van der Waals surface area contributed by atoms with Gasteiger partial charge in [0.15, 0.2) is 0 Å². The molecule has 4 nitrogen and oxygen atoms in total. The van der Waals surface area contributed by atoms with Gasteiger partial charge in [0.2, 0.25) is 0 Å². The van der Waals surface area contributed by atoms with Crippen molar-refractivity contribution in [3.63, 3.8) is 0 Å². The summed E-state index contributed by atoms with van der Waals surface area (Å²) in [4.78, 5) is 15.2. The highest BCUT2D eigenvalue weighted by Crippen LogP contribution is 2.44. The molecule has 1 atom stereocenters. The van der Waals surface area contributed by atoms with E-state index in [9.17, 15) is 9.90 Å². The van der Waals surface area contributed by atoms with E-state index < -0.39 is 6.10 Å². The molecule has 0 spiro atoms. The number of hydrogen-bond donors (Lipinski definition) is 3. The van der Waals surface area contributed by atoms with Crippen LogP contribution in [0.2, 0.25) is 0 Å². The molecule has 1 aliphatic carbocycles. The van der Waals surface area contributed by atoms with Crippen molar-refractivity contribution in [1.82, 2.24) is 10.6 Å². The zero-order chi connectivity index (χ0) is 21.7. The minimum atomic E-state index is -0.453. The number of aliphatic hydroxyl groups is 1. The lowest BCUT2D eigenvalue weighted by Crippen LogP contribution is -2.44. The van der Waals surface area contributed by atoms with Crippen LogP contribution in [0.15, 0.2) is 72.8 Å². The summed E-state index contributed by atoms with van der Waals surface area (Å²) < 4.78 is 0. The highest BCUT2D eigenvalue weighted by Gasteiger charge is 2.37. The first-order chi connectivity index (χ1) is 15.1. The Bertz CT molecular complexity index is 939. The van der Waals surface area contributed by atoms with E-state index in [0.29, 0.717) is 6.54 Å². The largest absolute Gasteiger partial charge is 0.388 e. The molecule has 0 bridgehead atoms. The van der Waals surface area contributed by atoms with Gasteiger partial charge in [-0.2, -0.15) is 0 Å². The summed E-state index contributed by atoms with van der Waals surface area (Å²) in [6.07, 6.45) is 4.01. The maximum atomic E-state index is 13.0. The lowest BCUT2D eigenvalue weighted by Gasteiger charge is -2.29. The topological polar surface area (TPSA) is 61.4 Å². The fourth-order valence-electron chi connectivity index (χ4n) is 4.51. The monoisotopic (exact) mass is 434 g/mol. The quantitative estimate of drug-likeness (QED) is 0.446. The summed E-state index contributed by atoms with van der Waals surface area (Å²) in [5.41, 5.74) is 2.07. The number of amides is 2. The first-order valence-corrected chi connectivity index (χ1v) is 11.8. The van der Waals surface area contributed by atoms with Crippen LogP contribution in [0.4, 0.5) is 4.79 Å². The van der Waals surface area contributed by atoms with Crippen molar-refractivity contribution in [2.75, 3.05) is 6.54 Å². The maximum Gasteiger partial charge on any atom is 0.315 e. The molecule has 2 aromatic carbocycles. The summed E-state index contributed by atoms with van der Waals surface area (Å²) in [6, 6.07) is 23.9. The predicted octanol–water partition coefficient (Wildman–Crippen LogP) is 5.70. The van der Waals surface area contributed by atoms with E-state index in [1.54, 1.807) is 18.3 Å². The molecule has 1 unspecified atom stereocenters. The van der Waals surface area contributed by atoms with Crippen LogP contribution in [0.25, 0.3) is 0 Å². The van der Waals surface area contributed by atoms with Gasteiger partial charge in [0.25, 0.3) is 0 Å². The predicted molar refractivity (Wildman–Crippen MR) is 126 cm³/mol. The number of nitrogens with one attached hydrogen (secondary N) is 2. The third-order valence-electron chi connectivity index (χ3n) is 6.25. The van der Waals surface area contributed by atoms with Crippen LogP contribution in [-0.4, -0.2) is 17.7 Å². The Morgan fingerprint density at radius 3 is 2.06 bits per heavy atom. The molecule has 0 saturated heterocycles. The molecule has 3 aromatic rings. The Morgan fingerprint density at radius 2 is 1.55 bits per heavy atom. The van der Waals surface area contributed by atoms with Crippen molar-refractivity contribution in [1.29, 1.82) is 0 Å². The van der Waals surface area contributed by atoms with E-state index in [1.165, 1.54) is 17.7 Å². The molecule has 0 aliphatic heterocycles. The summed E-state index contributed by atoms with van der Waals surface area (Å²) >= 11 is 1.67. The number of aliphatic hydroxyl groups excluding tert-OH is 1. The number of carbonyl (C=O) groups is 1. The first kappa shape index (κ1) is 21.6. The molecule has 1 fully saturated rings. The Labute approximate surface area is 188 Å². The van der Waals surface area contributed by atoms with Crippen molar-refractivity contribution < 1.29 is 9.90 Å². The van der Waals surface area contributed by atoms with Crippen LogP contribution in [0.3, 0.4) is 0 Å². The van der Waals surface area contributed by atoms with E-state index in [0.717, 1.165) is 28.8 Å². The molecule has 31 heavy (non-hydrogen) atoms. The maximum absolute atomic E-state index is 13.0. The van der Waals surface area contributed by atoms with Crippen LogP contribution in [-0.2, 0) is 5.41 Å². The Hall–Kier alpha value is -2.63. The number of rotatable bonds is 7. The van der Waals surface area contributed by atoms with E-state index in [2.05, 4.69) is 16.7 Å². The first-order valence-electron chi connectivity index (χ1n) is 11.0. The van der Waals surface area contributed by atoms with Crippen molar-refractivity contribution in [3.8, 4) is 0 Å². The minimum Gasteiger partial charge on any atom is -0.388 e.